The molecule has 2 saturated carbocycles. The fourth-order valence-electron chi connectivity index (χ4n) is 6.68. The molecule has 0 aliphatic heterocycles. The first-order valence-corrected chi connectivity index (χ1v) is 9.70. The Hall–Kier alpha value is -1.16. The molecule has 1 N–H and O–H groups in total. The standard InChI is InChI=1S/C21H29FO3/c1-12(23)25-19-18(22)11-17-15-5-4-13-10-14(24)6-8-20(13,2)16(15)7-9-21(17,19)3/h6,8,13-17,24H,4-5,7,9-11H2,1-3H3/t13?,14-,15+,16-,17-,20-,21-/m0/s1. The Morgan fingerprint density at radius 2 is 2.04 bits per heavy atom. The smallest absolute Gasteiger partial charge is 0.307 e. The third-order valence-corrected chi connectivity index (χ3v) is 7.97. The summed E-state index contributed by atoms with van der Waals surface area (Å²) in [5.41, 5.74) is -0.248. The number of fused-ring (bicyclic) bond motifs is 5. The van der Waals surface area contributed by atoms with Gasteiger partial charge in [-0.25, -0.2) is 4.39 Å². The van der Waals surface area contributed by atoms with Gasteiger partial charge in [0.1, 0.15) is 11.6 Å². The van der Waals surface area contributed by atoms with E-state index in [1.807, 2.05) is 6.08 Å². The number of carbonyl (C=O) groups excluding carboxylic acids is 1. The van der Waals surface area contributed by atoms with Crippen molar-refractivity contribution in [3.63, 3.8) is 0 Å². The van der Waals surface area contributed by atoms with Gasteiger partial charge >= 0.3 is 5.97 Å². The number of aliphatic hydroxyl groups excluding tert-OH is 1. The minimum Gasteiger partial charge on any atom is -0.428 e. The summed E-state index contributed by atoms with van der Waals surface area (Å²) in [7, 11) is 0. The van der Waals surface area contributed by atoms with Crippen LogP contribution in [-0.4, -0.2) is 17.2 Å². The van der Waals surface area contributed by atoms with Gasteiger partial charge in [0.05, 0.1) is 6.10 Å². The van der Waals surface area contributed by atoms with Gasteiger partial charge in [-0.1, -0.05) is 26.0 Å². The minimum atomic E-state index is -0.422. The van der Waals surface area contributed by atoms with Crippen molar-refractivity contribution in [1.82, 2.24) is 0 Å². The van der Waals surface area contributed by atoms with Crippen molar-refractivity contribution in [3.05, 3.63) is 23.7 Å². The van der Waals surface area contributed by atoms with Crippen molar-refractivity contribution in [2.24, 2.45) is 34.5 Å². The van der Waals surface area contributed by atoms with Crippen molar-refractivity contribution in [2.45, 2.75) is 65.4 Å². The van der Waals surface area contributed by atoms with Crippen LogP contribution in [0.1, 0.15) is 59.3 Å². The van der Waals surface area contributed by atoms with Crippen LogP contribution in [0.2, 0.25) is 0 Å². The first kappa shape index (κ1) is 17.3. The monoisotopic (exact) mass is 348 g/mol. The Bertz CT molecular complexity index is 654. The van der Waals surface area contributed by atoms with E-state index in [1.54, 1.807) is 0 Å². The van der Waals surface area contributed by atoms with E-state index in [9.17, 15) is 14.3 Å². The molecule has 0 spiro atoms. The Morgan fingerprint density at radius 1 is 1.28 bits per heavy atom. The van der Waals surface area contributed by atoms with Crippen LogP contribution in [0.5, 0.6) is 0 Å². The number of allylic oxidation sites excluding steroid dienone is 3. The van der Waals surface area contributed by atoms with Gasteiger partial charge in [0, 0.05) is 18.8 Å². The maximum atomic E-state index is 14.7. The van der Waals surface area contributed by atoms with Crippen LogP contribution in [0, 0.1) is 34.5 Å². The van der Waals surface area contributed by atoms with Gasteiger partial charge in [-0.2, -0.15) is 0 Å². The molecule has 3 nitrogen and oxygen atoms in total. The number of carbonyl (C=O) groups is 1. The number of ether oxygens (including phenoxy) is 1. The molecule has 1 unspecified atom stereocenters. The summed E-state index contributed by atoms with van der Waals surface area (Å²) < 4.78 is 20.0. The maximum absolute atomic E-state index is 14.7. The first-order chi connectivity index (χ1) is 11.8. The van der Waals surface area contributed by atoms with Crippen LogP contribution < -0.4 is 0 Å². The second kappa shape index (κ2) is 5.67. The summed E-state index contributed by atoms with van der Waals surface area (Å²) in [6, 6.07) is 0. The highest BCUT2D eigenvalue weighted by atomic mass is 19.1. The summed E-state index contributed by atoms with van der Waals surface area (Å²) in [5, 5.41) is 10.0. The minimum absolute atomic E-state index is 0.101. The zero-order valence-corrected chi connectivity index (χ0v) is 15.4. The van der Waals surface area contributed by atoms with Gasteiger partial charge in [-0.05, 0) is 61.2 Å². The molecule has 0 heterocycles. The van der Waals surface area contributed by atoms with E-state index >= 15 is 0 Å². The lowest BCUT2D eigenvalue weighted by Gasteiger charge is -2.58. The summed E-state index contributed by atoms with van der Waals surface area (Å²) in [5.74, 6) is 1.39. The molecule has 4 aliphatic rings. The summed E-state index contributed by atoms with van der Waals surface area (Å²) in [4.78, 5) is 11.5. The van der Waals surface area contributed by atoms with Crippen LogP contribution in [-0.2, 0) is 9.53 Å². The van der Waals surface area contributed by atoms with Crippen LogP contribution in [0.15, 0.2) is 23.7 Å². The van der Waals surface area contributed by atoms with Gasteiger partial charge in [-0.3, -0.25) is 4.79 Å². The van der Waals surface area contributed by atoms with E-state index in [4.69, 9.17) is 4.74 Å². The number of hydrogen-bond acceptors (Lipinski definition) is 3. The summed E-state index contributed by atoms with van der Waals surface area (Å²) in [6.45, 7) is 5.78. The molecule has 138 valence electrons. The predicted octanol–water partition coefficient (Wildman–Crippen LogP) is 4.52. The number of hydrogen-bond donors (Lipinski definition) is 1. The van der Waals surface area contributed by atoms with Gasteiger partial charge in [0.15, 0.2) is 0 Å². The molecule has 4 rings (SSSR count). The summed E-state index contributed by atoms with van der Waals surface area (Å²) >= 11 is 0. The molecule has 0 bridgehead atoms. The van der Waals surface area contributed by atoms with Crippen molar-refractivity contribution in [1.29, 1.82) is 0 Å². The van der Waals surface area contributed by atoms with Crippen molar-refractivity contribution in [2.75, 3.05) is 0 Å². The average molecular weight is 348 g/mol. The zero-order chi connectivity index (χ0) is 18.0. The molecular formula is C21H29FO3. The zero-order valence-electron chi connectivity index (χ0n) is 15.4. The first-order valence-electron chi connectivity index (χ1n) is 9.70. The largest absolute Gasteiger partial charge is 0.428 e. The number of esters is 1. The van der Waals surface area contributed by atoms with E-state index in [0.717, 1.165) is 32.1 Å². The molecule has 0 saturated heterocycles. The lowest BCUT2D eigenvalue weighted by Crippen LogP contribution is -2.52. The van der Waals surface area contributed by atoms with Crippen LogP contribution in [0.3, 0.4) is 0 Å². The normalized spacial score (nSPS) is 48.6. The lowest BCUT2D eigenvalue weighted by molar-refractivity contribution is -0.141. The molecule has 7 atom stereocenters. The molecule has 0 radical (unpaired) electrons. The molecule has 0 aromatic rings. The molecule has 0 amide bonds. The Labute approximate surface area is 149 Å². The van der Waals surface area contributed by atoms with Crippen LogP contribution in [0.25, 0.3) is 0 Å². The van der Waals surface area contributed by atoms with Gasteiger partial charge in [0.2, 0.25) is 0 Å². The van der Waals surface area contributed by atoms with E-state index < -0.39 is 5.97 Å². The number of aliphatic hydroxyl groups is 1. The van der Waals surface area contributed by atoms with Crippen molar-refractivity contribution < 1.29 is 19.0 Å². The van der Waals surface area contributed by atoms with Gasteiger partial charge in [-0.15, -0.1) is 0 Å². The second-order valence-corrected chi connectivity index (χ2v) is 9.17. The van der Waals surface area contributed by atoms with Crippen LogP contribution in [0.4, 0.5) is 4.39 Å². The van der Waals surface area contributed by atoms with E-state index in [2.05, 4.69) is 19.9 Å². The predicted molar refractivity (Wildman–Crippen MR) is 92.9 cm³/mol. The van der Waals surface area contributed by atoms with E-state index in [-0.39, 0.29) is 28.7 Å². The average Bonchev–Trinajstić information content (AvgIpc) is 2.79. The second-order valence-electron chi connectivity index (χ2n) is 9.17. The summed E-state index contributed by atoms with van der Waals surface area (Å²) in [6.07, 6.45) is 9.24. The molecule has 0 aromatic heterocycles. The maximum Gasteiger partial charge on any atom is 0.307 e. The fourth-order valence-corrected chi connectivity index (χ4v) is 6.68. The van der Waals surface area contributed by atoms with E-state index in [0.29, 0.717) is 29.9 Å². The van der Waals surface area contributed by atoms with E-state index in [1.165, 1.54) is 6.92 Å². The molecular weight excluding hydrogens is 319 g/mol. The van der Waals surface area contributed by atoms with Gasteiger partial charge < -0.3 is 9.84 Å². The van der Waals surface area contributed by atoms with Crippen LogP contribution >= 0.6 is 0 Å². The molecule has 4 aliphatic carbocycles. The highest BCUT2D eigenvalue weighted by molar-refractivity contribution is 5.67. The Morgan fingerprint density at radius 3 is 2.76 bits per heavy atom. The quantitative estimate of drug-likeness (QED) is 0.560. The Balaban J connectivity index is 1.65. The highest BCUT2D eigenvalue weighted by Crippen LogP contribution is 2.66. The fraction of sp³-hybridized carbons (Fsp3) is 0.762. The molecule has 0 aromatic carbocycles. The van der Waals surface area contributed by atoms with Crippen molar-refractivity contribution >= 4 is 5.97 Å². The highest BCUT2D eigenvalue weighted by Gasteiger charge is 2.60. The third kappa shape index (κ3) is 2.43. The van der Waals surface area contributed by atoms with Crippen molar-refractivity contribution in [3.8, 4) is 0 Å². The SMILES string of the molecule is CC(=O)OC1=C(F)C[C@H]2[C@@H]3CCC4C[C@@H](O)C=C[C@]4(C)[C@H]3CC[C@]12C. The molecule has 4 heteroatoms. The third-order valence-electron chi connectivity index (χ3n) is 7.97. The van der Waals surface area contributed by atoms with Gasteiger partial charge in [0.25, 0.3) is 0 Å². The molecule has 25 heavy (non-hydrogen) atoms. The molecule has 2 fully saturated rings. The topological polar surface area (TPSA) is 46.5 Å². The number of rotatable bonds is 1. The number of halogens is 1. The lowest BCUT2D eigenvalue weighted by atomic mass is 9.46. The Kier molecular flexibility index (Phi) is 3.91.